The lowest BCUT2D eigenvalue weighted by Gasteiger charge is -2.35. The average molecular weight is 328 g/mol. The minimum absolute atomic E-state index is 0.00882. The summed E-state index contributed by atoms with van der Waals surface area (Å²) in [7, 11) is 1.90. The van der Waals surface area contributed by atoms with Crippen LogP contribution in [-0.2, 0) is 4.79 Å². The van der Waals surface area contributed by atoms with E-state index in [2.05, 4.69) is 41.9 Å². The van der Waals surface area contributed by atoms with Gasteiger partial charge in [-0.15, -0.1) is 11.8 Å². The normalized spacial score (nSPS) is 18.6. The smallest absolute Gasteiger partial charge is 0.231 e. The van der Waals surface area contributed by atoms with Crippen molar-refractivity contribution in [3.05, 3.63) is 29.8 Å². The minimum atomic E-state index is -0.153. The van der Waals surface area contributed by atoms with E-state index in [1.54, 1.807) is 11.8 Å². The van der Waals surface area contributed by atoms with Gasteiger partial charge in [0, 0.05) is 28.6 Å². The van der Waals surface area contributed by atoms with Crippen LogP contribution in [-0.4, -0.2) is 34.5 Å². The molecule has 1 unspecified atom stereocenters. The van der Waals surface area contributed by atoms with Crippen LogP contribution in [0.3, 0.4) is 0 Å². The number of carbonyl (C=O) groups is 1. The van der Waals surface area contributed by atoms with Gasteiger partial charge in [-0.25, -0.2) is 0 Å². The van der Waals surface area contributed by atoms with E-state index in [1.807, 2.05) is 24.1 Å². The molecular formula is C14H18BrNOS. The highest BCUT2D eigenvalue weighted by atomic mass is 79.9. The summed E-state index contributed by atoms with van der Waals surface area (Å²) in [6.45, 7) is 4.15. The Balaban J connectivity index is 2.22. The van der Waals surface area contributed by atoms with Crippen molar-refractivity contribution in [2.45, 2.75) is 30.2 Å². The summed E-state index contributed by atoms with van der Waals surface area (Å²) in [5.74, 6) is 1.09. The Morgan fingerprint density at radius 2 is 2.17 bits per heavy atom. The second kappa shape index (κ2) is 5.25. The number of fused-ring (bicyclic) bond motifs is 1. The topological polar surface area (TPSA) is 20.3 Å². The second-order valence-electron chi connectivity index (χ2n) is 5.24. The van der Waals surface area contributed by atoms with E-state index < -0.39 is 0 Å². The molecule has 0 aliphatic carbocycles. The van der Waals surface area contributed by atoms with Gasteiger partial charge in [-0.1, -0.05) is 34.1 Å². The Hall–Kier alpha value is -0.480. The number of rotatable bonds is 3. The van der Waals surface area contributed by atoms with Crippen LogP contribution in [0.1, 0.15) is 25.3 Å². The number of alkyl halides is 1. The molecule has 1 heterocycles. The first-order valence-corrected chi connectivity index (χ1v) is 8.13. The van der Waals surface area contributed by atoms with Crippen molar-refractivity contribution in [3.63, 3.8) is 0 Å². The fourth-order valence-electron chi connectivity index (χ4n) is 1.99. The third-order valence-electron chi connectivity index (χ3n) is 3.56. The van der Waals surface area contributed by atoms with Crippen LogP contribution in [0.15, 0.2) is 29.2 Å². The molecule has 2 rings (SSSR count). The van der Waals surface area contributed by atoms with Crippen molar-refractivity contribution in [2.75, 3.05) is 18.1 Å². The van der Waals surface area contributed by atoms with E-state index in [4.69, 9.17) is 0 Å². The van der Waals surface area contributed by atoms with Crippen LogP contribution in [0.5, 0.6) is 0 Å². The van der Waals surface area contributed by atoms with E-state index in [-0.39, 0.29) is 17.4 Å². The maximum atomic E-state index is 12.6. The molecule has 0 aromatic heterocycles. The lowest BCUT2D eigenvalue weighted by atomic mass is 9.97. The van der Waals surface area contributed by atoms with Gasteiger partial charge in [0.1, 0.15) is 0 Å². The molecule has 0 saturated heterocycles. The van der Waals surface area contributed by atoms with Gasteiger partial charge < -0.3 is 4.90 Å². The van der Waals surface area contributed by atoms with Crippen LogP contribution in [0.4, 0.5) is 0 Å². The van der Waals surface area contributed by atoms with E-state index in [0.717, 1.165) is 11.1 Å². The van der Waals surface area contributed by atoms with Gasteiger partial charge in [0.05, 0.1) is 5.92 Å². The number of hydrogen-bond donors (Lipinski definition) is 0. The van der Waals surface area contributed by atoms with Crippen molar-refractivity contribution in [3.8, 4) is 0 Å². The molecule has 1 amide bonds. The molecule has 1 atom stereocenters. The van der Waals surface area contributed by atoms with Gasteiger partial charge in [0.15, 0.2) is 0 Å². The van der Waals surface area contributed by atoms with E-state index in [9.17, 15) is 4.79 Å². The van der Waals surface area contributed by atoms with Crippen LogP contribution < -0.4 is 0 Å². The molecule has 18 heavy (non-hydrogen) atoms. The average Bonchev–Trinajstić information content (AvgIpc) is 2.80. The van der Waals surface area contributed by atoms with E-state index in [0.29, 0.717) is 0 Å². The van der Waals surface area contributed by atoms with Crippen LogP contribution in [0.25, 0.3) is 0 Å². The van der Waals surface area contributed by atoms with Gasteiger partial charge in [0.2, 0.25) is 5.91 Å². The molecule has 1 aliphatic heterocycles. The fourth-order valence-corrected chi connectivity index (χ4v) is 3.59. The first-order valence-electron chi connectivity index (χ1n) is 6.03. The Morgan fingerprint density at radius 1 is 1.50 bits per heavy atom. The van der Waals surface area contributed by atoms with Gasteiger partial charge in [0.25, 0.3) is 0 Å². The van der Waals surface area contributed by atoms with Crippen molar-refractivity contribution in [1.29, 1.82) is 0 Å². The highest BCUT2D eigenvalue weighted by Crippen LogP contribution is 2.40. The monoisotopic (exact) mass is 327 g/mol. The number of benzene rings is 1. The summed E-state index contributed by atoms with van der Waals surface area (Å²) >= 11 is 5.26. The molecule has 0 saturated carbocycles. The highest BCUT2D eigenvalue weighted by molar-refractivity contribution is 9.09. The predicted octanol–water partition coefficient (Wildman–Crippen LogP) is 3.51. The Kier molecular flexibility index (Phi) is 4.07. The van der Waals surface area contributed by atoms with Gasteiger partial charge in [-0.3, -0.25) is 4.79 Å². The third kappa shape index (κ3) is 2.45. The number of hydrogen-bond acceptors (Lipinski definition) is 2. The van der Waals surface area contributed by atoms with Crippen molar-refractivity contribution >= 4 is 33.6 Å². The zero-order valence-corrected chi connectivity index (χ0v) is 13.3. The molecule has 2 nitrogen and oxygen atoms in total. The molecule has 1 aromatic rings. The third-order valence-corrected chi connectivity index (χ3v) is 6.12. The molecular weight excluding hydrogens is 310 g/mol. The quantitative estimate of drug-likeness (QED) is 0.792. The number of amides is 1. The Labute approximate surface area is 121 Å². The van der Waals surface area contributed by atoms with Gasteiger partial charge in [-0.05, 0) is 25.5 Å². The molecule has 0 bridgehead atoms. The second-order valence-corrected chi connectivity index (χ2v) is 6.87. The number of nitrogens with zero attached hydrogens (tertiary/aromatic N) is 1. The summed E-state index contributed by atoms with van der Waals surface area (Å²) in [5, 5.41) is 0.781. The summed E-state index contributed by atoms with van der Waals surface area (Å²) in [6.07, 6.45) is 0. The Bertz CT molecular complexity index is 461. The molecule has 0 spiro atoms. The standard InChI is InChI=1S/C14H18BrNOS/c1-14(2,9-15)16(3)13(17)11-8-18-12-7-5-4-6-10(11)12/h4-7,11H,8-9H2,1-3H3. The first-order chi connectivity index (χ1) is 8.47. The highest BCUT2D eigenvalue weighted by Gasteiger charge is 2.35. The van der Waals surface area contributed by atoms with E-state index >= 15 is 0 Å². The molecule has 0 radical (unpaired) electrons. The largest absolute Gasteiger partial charge is 0.339 e. The zero-order chi connectivity index (χ0) is 13.3. The van der Waals surface area contributed by atoms with Gasteiger partial charge >= 0.3 is 0 Å². The SMILES string of the molecule is CN(C(=O)C1CSc2ccccc21)C(C)(C)CBr. The maximum Gasteiger partial charge on any atom is 0.231 e. The predicted molar refractivity (Wildman–Crippen MR) is 80.6 cm³/mol. The lowest BCUT2D eigenvalue weighted by Crippen LogP contribution is -2.48. The fraction of sp³-hybridized carbons (Fsp3) is 0.500. The van der Waals surface area contributed by atoms with E-state index in [1.165, 1.54) is 10.5 Å². The van der Waals surface area contributed by atoms with Crippen LogP contribution in [0, 0.1) is 0 Å². The lowest BCUT2D eigenvalue weighted by molar-refractivity contribution is -0.135. The maximum absolute atomic E-state index is 12.6. The molecule has 4 heteroatoms. The molecule has 0 fully saturated rings. The Morgan fingerprint density at radius 3 is 2.83 bits per heavy atom. The van der Waals surface area contributed by atoms with Crippen molar-refractivity contribution in [2.24, 2.45) is 0 Å². The summed E-state index contributed by atoms with van der Waals surface area (Å²) in [5.41, 5.74) is 1.03. The number of likely N-dealkylation sites (N-methyl/N-ethyl adjacent to an activating group) is 1. The van der Waals surface area contributed by atoms with Crippen LogP contribution in [0.2, 0.25) is 0 Å². The molecule has 1 aliphatic rings. The van der Waals surface area contributed by atoms with Crippen LogP contribution >= 0.6 is 27.7 Å². The van der Waals surface area contributed by atoms with Crippen molar-refractivity contribution < 1.29 is 4.79 Å². The molecule has 0 N–H and O–H groups in total. The molecule has 1 aromatic carbocycles. The summed E-state index contributed by atoms with van der Waals surface area (Å²) in [6, 6.07) is 8.22. The summed E-state index contributed by atoms with van der Waals surface area (Å²) < 4.78 is 0. The molecule has 98 valence electrons. The van der Waals surface area contributed by atoms with Crippen molar-refractivity contribution in [1.82, 2.24) is 4.90 Å². The van der Waals surface area contributed by atoms with Gasteiger partial charge in [-0.2, -0.15) is 0 Å². The number of carbonyl (C=O) groups excluding carboxylic acids is 1. The summed E-state index contributed by atoms with van der Waals surface area (Å²) in [4.78, 5) is 15.7. The first kappa shape index (κ1) is 13.9. The number of halogens is 1. The minimum Gasteiger partial charge on any atom is -0.339 e. The number of thioether (sulfide) groups is 1. The zero-order valence-electron chi connectivity index (χ0n) is 10.9.